The van der Waals surface area contributed by atoms with Crippen molar-refractivity contribution < 1.29 is 0 Å². The summed E-state index contributed by atoms with van der Waals surface area (Å²) in [5.41, 5.74) is 3.65. The van der Waals surface area contributed by atoms with Gasteiger partial charge in [-0.25, -0.2) is 0 Å². The van der Waals surface area contributed by atoms with E-state index in [0.29, 0.717) is 11.3 Å². The minimum absolute atomic E-state index is 0.285. The van der Waals surface area contributed by atoms with E-state index in [0.717, 1.165) is 13.1 Å². The molecule has 2 aromatic rings. The monoisotopic (exact) mass is 270 g/mol. The molecule has 4 heteroatoms. The first-order chi connectivity index (χ1) is 9.54. The molecule has 2 aliphatic rings. The van der Waals surface area contributed by atoms with Crippen molar-refractivity contribution in [2.45, 2.75) is 58.0 Å². The van der Waals surface area contributed by atoms with Crippen molar-refractivity contribution >= 4 is 0 Å². The van der Waals surface area contributed by atoms with Gasteiger partial charge in [0.1, 0.15) is 0 Å². The molecule has 20 heavy (non-hydrogen) atoms. The molecule has 0 saturated heterocycles. The van der Waals surface area contributed by atoms with Crippen LogP contribution in [0.25, 0.3) is 0 Å². The second-order valence-electron chi connectivity index (χ2n) is 7.09. The van der Waals surface area contributed by atoms with E-state index in [1.807, 2.05) is 23.1 Å². The molecule has 0 amide bonds. The van der Waals surface area contributed by atoms with Gasteiger partial charge >= 0.3 is 0 Å². The predicted octanol–water partition coefficient (Wildman–Crippen LogP) is 2.95. The summed E-state index contributed by atoms with van der Waals surface area (Å²) >= 11 is 0. The second-order valence-corrected chi connectivity index (χ2v) is 7.09. The van der Waals surface area contributed by atoms with Gasteiger partial charge in [0, 0.05) is 23.5 Å². The number of nitrogens with zero attached hydrogens (tertiary/aromatic N) is 4. The molecule has 4 rings (SSSR count). The maximum Gasteiger partial charge on any atom is 0.0609 e. The fraction of sp³-hybridized carbons (Fsp3) is 0.625. The molecular weight excluding hydrogens is 248 g/mol. The van der Waals surface area contributed by atoms with E-state index < -0.39 is 0 Å². The zero-order valence-electron chi connectivity index (χ0n) is 12.5. The lowest BCUT2D eigenvalue weighted by atomic mass is 9.70. The minimum Gasteiger partial charge on any atom is -0.271 e. The third-order valence-corrected chi connectivity index (χ3v) is 6.09. The molecule has 0 unspecified atom stereocenters. The van der Waals surface area contributed by atoms with Gasteiger partial charge in [0.2, 0.25) is 0 Å². The number of hydrogen-bond acceptors (Lipinski definition) is 2. The third-order valence-electron chi connectivity index (χ3n) is 6.09. The lowest BCUT2D eigenvalue weighted by Gasteiger charge is -2.35. The number of aryl methyl sites for hydroxylation is 2. The molecule has 0 aromatic carbocycles. The molecule has 106 valence electrons. The highest BCUT2D eigenvalue weighted by atomic mass is 15.3. The van der Waals surface area contributed by atoms with E-state index in [1.54, 1.807) is 0 Å². The Labute approximate surface area is 119 Å². The van der Waals surface area contributed by atoms with Gasteiger partial charge in [-0.1, -0.05) is 20.8 Å². The smallest absolute Gasteiger partial charge is 0.0609 e. The van der Waals surface area contributed by atoms with Crippen LogP contribution in [0.2, 0.25) is 0 Å². The summed E-state index contributed by atoms with van der Waals surface area (Å²) in [5.74, 6) is 0.695. The number of fused-ring (bicyclic) bond motifs is 5. The van der Waals surface area contributed by atoms with Crippen LogP contribution >= 0.6 is 0 Å². The summed E-state index contributed by atoms with van der Waals surface area (Å²) < 4.78 is 4.21. The molecule has 0 spiro atoms. The van der Waals surface area contributed by atoms with Gasteiger partial charge in [0.05, 0.1) is 19.3 Å². The van der Waals surface area contributed by atoms with Crippen LogP contribution in [0, 0.1) is 5.41 Å². The van der Waals surface area contributed by atoms with Gasteiger partial charge in [-0.3, -0.25) is 9.36 Å². The number of hydrogen-bond donors (Lipinski definition) is 0. The van der Waals surface area contributed by atoms with Crippen LogP contribution in [0.1, 0.15) is 50.8 Å². The molecule has 2 heterocycles. The van der Waals surface area contributed by atoms with Crippen LogP contribution in [0.4, 0.5) is 0 Å². The van der Waals surface area contributed by atoms with E-state index in [1.165, 1.54) is 24.1 Å². The molecule has 2 bridgehead atoms. The Kier molecular flexibility index (Phi) is 2.28. The summed E-state index contributed by atoms with van der Waals surface area (Å²) in [6, 6.07) is 1.97. The molecular formula is C16H22N4. The van der Waals surface area contributed by atoms with E-state index >= 15 is 0 Å². The largest absolute Gasteiger partial charge is 0.271 e. The van der Waals surface area contributed by atoms with E-state index in [-0.39, 0.29) is 5.41 Å². The highest BCUT2D eigenvalue weighted by Gasteiger charge is 2.61. The quantitative estimate of drug-likeness (QED) is 0.859. The molecule has 1 saturated carbocycles. The fourth-order valence-electron chi connectivity index (χ4n) is 4.53. The molecule has 2 atom stereocenters. The van der Waals surface area contributed by atoms with Crippen LogP contribution in [0.3, 0.4) is 0 Å². The van der Waals surface area contributed by atoms with Crippen molar-refractivity contribution in [2.75, 3.05) is 0 Å². The Morgan fingerprint density at radius 3 is 2.85 bits per heavy atom. The lowest BCUT2D eigenvalue weighted by molar-refractivity contribution is 0.217. The molecule has 0 N–H and O–H groups in total. The highest BCUT2D eigenvalue weighted by Crippen LogP contribution is 2.67. The zero-order chi connectivity index (χ0) is 14.0. The summed E-state index contributed by atoms with van der Waals surface area (Å²) in [5, 5.41) is 8.94. The number of rotatable bonds is 3. The average molecular weight is 270 g/mol. The van der Waals surface area contributed by atoms with Gasteiger partial charge < -0.3 is 0 Å². The molecule has 2 aliphatic carbocycles. The summed E-state index contributed by atoms with van der Waals surface area (Å²) in [6.07, 6.45) is 8.59. The van der Waals surface area contributed by atoms with E-state index in [9.17, 15) is 0 Å². The van der Waals surface area contributed by atoms with Crippen LogP contribution in [0.15, 0.2) is 24.7 Å². The first kappa shape index (κ1) is 12.2. The molecule has 1 fully saturated rings. The molecule has 4 nitrogen and oxygen atoms in total. The van der Waals surface area contributed by atoms with Gasteiger partial charge in [-0.05, 0) is 35.8 Å². The lowest BCUT2D eigenvalue weighted by Crippen LogP contribution is -2.34. The van der Waals surface area contributed by atoms with Crippen LogP contribution in [-0.2, 0) is 18.5 Å². The Balaban J connectivity index is 1.68. The normalized spacial score (nSPS) is 29.9. The van der Waals surface area contributed by atoms with Gasteiger partial charge in [-0.15, -0.1) is 0 Å². The van der Waals surface area contributed by atoms with Crippen LogP contribution < -0.4 is 0 Å². The minimum atomic E-state index is 0.285. The Morgan fingerprint density at radius 2 is 2.10 bits per heavy atom. The SMILES string of the molecule is CC1(C)[C@H]2CC[C@]1(C)c1c2cnn1CCn1cccn1. The fourth-order valence-corrected chi connectivity index (χ4v) is 4.53. The first-order valence-corrected chi connectivity index (χ1v) is 7.58. The Hall–Kier alpha value is -1.58. The maximum atomic E-state index is 4.66. The van der Waals surface area contributed by atoms with E-state index in [4.69, 9.17) is 0 Å². The highest BCUT2D eigenvalue weighted by molar-refractivity contribution is 5.44. The van der Waals surface area contributed by atoms with Gasteiger partial charge in [0.25, 0.3) is 0 Å². The van der Waals surface area contributed by atoms with Crippen molar-refractivity contribution in [3.8, 4) is 0 Å². The van der Waals surface area contributed by atoms with Crippen molar-refractivity contribution in [3.05, 3.63) is 35.9 Å². The molecule has 2 aromatic heterocycles. The average Bonchev–Trinajstić information content (AvgIpc) is 3.11. The van der Waals surface area contributed by atoms with Gasteiger partial charge in [-0.2, -0.15) is 10.2 Å². The topological polar surface area (TPSA) is 35.6 Å². The second kappa shape index (κ2) is 3.74. The molecule has 0 radical (unpaired) electrons. The maximum absolute atomic E-state index is 4.66. The Bertz CT molecular complexity index is 637. The van der Waals surface area contributed by atoms with Crippen molar-refractivity contribution in [1.29, 1.82) is 0 Å². The zero-order valence-corrected chi connectivity index (χ0v) is 12.5. The third kappa shape index (κ3) is 1.32. The van der Waals surface area contributed by atoms with E-state index in [2.05, 4.69) is 41.8 Å². The van der Waals surface area contributed by atoms with Crippen molar-refractivity contribution in [2.24, 2.45) is 5.41 Å². The summed E-state index contributed by atoms with van der Waals surface area (Å²) in [6.45, 7) is 9.10. The van der Waals surface area contributed by atoms with Crippen LogP contribution in [0.5, 0.6) is 0 Å². The Morgan fingerprint density at radius 1 is 1.25 bits per heavy atom. The predicted molar refractivity (Wildman–Crippen MR) is 77.6 cm³/mol. The van der Waals surface area contributed by atoms with Crippen LogP contribution in [-0.4, -0.2) is 19.6 Å². The standard InChI is InChI=1S/C16H22N4/c1-15(2)13-5-6-16(15,3)14-12(13)11-18-20(14)10-9-19-8-4-7-17-19/h4,7-8,11,13H,5-6,9-10H2,1-3H3/t13-,16+/m0/s1. The number of aromatic nitrogens is 4. The van der Waals surface area contributed by atoms with Crippen molar-refractivity contribution in [3.63, 3.8) is 0 Å². The molecule has 0 aliphatic heterocycles. The van der Waals surface area contributed by atoms with Gasteiger partial charge in [0.15, 0.2) is 0 Å². The van der Waals surface area contributed by atoms with Crippen molar-refractivity contribution in [1.82, 2.24) is 19.6 Å². The first-order valence-electron chi connectivity index (χ1n) is 7.58. The summed E-state index contributed by atoms with van der Waals surface area (Å²) in [7, 11) is 0. The summed E-state index contributed by atoms with van der Waals surface area (Å²) in [4.78, 5) is 0.